The third-order valence-corrected chi connectivity index (χ3v) is 6.98. The Morgan fingerprint density at radius 3 is 2.74 bits per heavy atom. The smallest absolute Gasteiger partial charge is 0.211 e. The zero-order chi connectivity index (χ0) is 22.2. The molecule has 1 fully saturated rings. The van der Waals surface area contributed by atoms with Crippen LogP contribution in [0.2, 0.25) is 0 Å². The summed E-state index contributed by atoms with van der Waals surface area (Å²) in [7, 11) is -3.21. The van der Waals surface area contributed by atoms with Gasteiger partial charge < -0.3 is 5.73 Å². The predicted molar refractivity (Wildman–Crippen MR) is 125 cm³/mol. The molecule has 31 heavy (non-hydrogen) atoms. The Bertz CT molecular complexity index is 1290. The molecule has 0 spiro atoms. The Kier molecular flexibility index (Phi) is 5.68. The van der Waals surface area contributed by atoms with Crippen LogP contribution in [0.15, 0.2) is 48.7 Å². The van der Waals surface area contributed by atoms with Gasteiger partial charge in [0, 0.05) is 30.6 Å². The number of anilines is 1. The lowest BCUT2D eigenvalue weighted by Gasteiger charge is -2.14. The fourth-order valence-corrected chi connectivity index (χ4v) is 4.89. The van der Waals surface area contributed by atoms with Gasteiger partial charge in [0.15, 0.2) is 5.65 Å². The second kappa shape index (κ2) is 8.28. The summed E-state index contributed by atoms with van der Waals surface area (Å²) in [5, 5.41) is 4.46. The minimum Gasteiger partial charge on any atom is -0.384 e. The van der Waals surface area contributed by atoms with Crippen LogP contribution in [0.4, 0.5) is 5.82 Å². The van der Waals surface area contributed by atoms with Gasteiger partial charge >= 0.3 is 0 Å². The summed E-state index contributed by atoms with van der Waals surface area (Å²) in [6.07, 6.45) is 9.90. The molecule has 0 bridgehead atoms. The Hall–Kier alpha value is -2.97. The Balaban J connectivity index is 1.80. The zero-order valence-electron chi connectivity index (χ0n) is 18.0. The van der Waals surface area contributed by atoms with Crippen LogP contribution in [0.3, 0.4) is 0 Å². The number of sulfonamides is 1. The number of nitrogens with two attached hydrogens (primary N) is 1. The van der Waals surface area contributed by atoms with Gasteiger partial charge in [-0.25, -0.2) is 17.7 Å². The standard InChI is InChI=1S/C23H27N5O2S/c1-4-7-18(12-17-9-6-5-8-16(17)2)20-14-25-28-22(24)13-21(26-23(20)28)19-10-11-27(15-19)31(3,29)30/h4-9,12-14,19H,10-11,15,24H2,1-3H3. The zero-order valence-corrected chi connectivity index (χ0v) is 18.8. The van der Waals surface area contributed by atoms with Crippen LogP contribution in [-0.4, -0.2) is 46.7 Å². The summed E-state index contributed by atoms with van der Waals surface area (Å²) in [5.74, 6) is 0.495. The molecule has 162 valence electrons. The summed E-state index contributed by atoms with van der Waals surface area (Å²) in [5.41, 5.74) is 11.9. The van der Waals surface area contributed by atoms with Crippen molar-refractivity contribution in [1.82, 2.24) is 18.9 Å². The summed E-state index contributed by atoms with van der Waals surface area (Å²) >= 11 is 0. The molecule has 1 aliphatic rings. The molecule has 1 saturated heterocycles. The van der Waals surface area contributed by atoms with E-state index in [2.05, 4.69) is 30.2 Å². The minimum atomic E-state index is -3.21. The normalized spacial score (nSPS) is 18.4. The van der Waals surface area contributed by atoms with E-state index in [1.165, 1.54) is 16.1 Å². The highest BCUT2D eigenvalue weighted by molar-refractivity contribution is 7.88. The molecule has 2 aromatic heterocycles. The molecule has 0 amide bonds. The molecule has 7 nitrogen and oxygen atoms in total. The maximum Gasteiger partial charge on any atom is 0.211 e. The number of nitrogens with zero attached hydrogens (tertiary/aromatic N) is 4. The summed E-state index contributed by atoms with van der Waals surface area (Å²) in [4.78, 5) is 4.89. The number of aromatic nitrogens is 3. The molecule has 0 aliphatic carbocycles. The van der Waals surface area contributed by atoms with Crippen molar-refractivity contribution in [3.05, 3.63) is 71.1 Å². The van der Waals surface area contributed by atoms with Crippen LogP contribution < -0.4 is 5.73 Å². The number of fused-ring (bicyclic) bond motifs is 1. The van der Waals surface area contributed by atoms with Crippen LogP contribution >= 0.6 is 0 Å². The lowest BCUT2D eigenvalue weighted by atomic mass is 10.0. The van der Waals surface area contributed by atoms with Gasteiger partial charge in [0.05, 0.1) is 18.1 Å². The molecule has 1 aliphatic heterocycles. The summed E-state index contributed by atoms with van der Waals surface area (Å²) in [6, 6.07) is 10.0. The van der Waals surface area contributed by atoms with Crippen LogP contribution in [0, 0.1) is 6.92 Å². The van der Waals surface area contributed by atoms with Gasteiger partial charge in [0.25, 0.3) is 0 Å². The van der Waals surface area contributed by atoms with E-state index in [4.69, 9.17) is 10.7 Å². The first-order valence-corrected chi connectivity index (χ1v) is 12.1. The maximum absolute atomic E-state index is 11.9. The van der Waals surface area contributed by atoms with Crippen LogP contribution in [0.5, 0.6) is 0 Å². The number of allylic oxidation sites excluding steroid dienone is 3. The summed E-state index contributed by atoms with van der Waals surface area (Å²) < 4.78 is 27.0. The second-order valence-electron chi connectivity index (χ2n) is 7.96. The average molecular weight is 438 g/mol. The van der Waals surface area contributed by atoms with Gasteiger partial charge in [-0.05, 0) is 43.0 Å². The molecule has 3 aromatic rings. The van der Waals surface area contributed by atoms with Gasteiger partial charge in [0.2, 0.25) is 10.0 Å². The van der Waals surface area contributed by atoms with Crippen LogP contribution in [0.25, 0.3) is 17.3 Å². The van der Waals surface area contributed by atoms with E-state index in [0.29, 0.717) is 24.6 Å². The number of aryl methyl sites for hydroxylation is 1. The van der Waals surface area contributed by atoms with Crippen molar-refractivity contribution in [2.75, 3.05) is 25.1 Å². The van der Waals surface area contributed by atoms with Crippen molar-refractivity contribution in [1.29, 1.82) is 0 Å². The minimum absolute atomic E-state index is 0.00953. The van der Waals surface area contributed by atoms with Gasteiger partial charge in [-0.1, -0.05) is 36.4 Å². The molecule has 1 atom stereocenters. The van der Waals surface area contributed by atoms with Gasteiger partial charge in [-0.15, -0.1) is 0 Å². The fourth-order valence-electron chi connectivity index (χ4n) is 4.00. The van der Waals surface area contributed by atoms with Gasteiger partial charge in [-0.2, -0.15) is 9.61 Å². The third-order valence-electron chi connectivity index (χ3n) is 5.71. The molecule has 8 heteroatoms. The predicted octanol–water partition coefficient (Wildman–Crippen LogP) is 3.49. The van der Waals surface area contributed by atoms with Gasteiger partial charge in [0.1, 0.15) is 5.82 Å². The Labute approximate surface area is 183 Å². The summed E-state index contributed by atoms with van der Waals surface area (Å²) in [6.45, 7) is 4.98. The molecule has 1 unspecified atom stereocenters. The SMILES string of the molecule is CC=CC(=Cc1ccccc1C)c1cnn2c(N)cc(C3CCN(S(C)(=O)=O)C3)nc12. The topological polar surface area (TPSA) is 93.6 Å². The number of rotatable bonds is 5. The van der Waals surface area contributed by atoms with Crippen molar-refractivity contribution in [2.45, 2.75) is 26.2 Å². The van der Waals surface area contributed by atoms with E-state index < -0.39 is 10.0 Å². The van der Waals surface area contributed by atoms with E-state index >= 15 is 0 Å². The number of nitrogen functional groups attached to an aromatic ring is 1. The number of hydrogen-bond donors (Lipinski definition) is 1. The van der Waals surface area contributed by atoms with Gasteiger partial charge in [-0.3, -0.25) is 0 Å². The first-order valence-electron chi connectivity index (χ1n) is 10.3. The largest absolute Gasteiger partial charge is 0.384 e. The molecular weight excluding hydrogens is 410 g/mol. The first-order chi connectivity index (χ1) is 14.8. The quantitative estimate of drug-likeness (QED) is 0.617. The van der Waals surface area contributed by atoms with Crippen molar-refractivity contribution >= 4 is 33.1 Å². The van der Waals surface area contributed by atoms with Crippen molar-refractivity contribution in [3.63, 3.8) is 0 Å². The molecule has 2 N–H and O–H groups in total. The molecule has 1 aromatic carbocycles. The molecule has 0 radical (unpaired) electrons. The number of benzene rings is 1. The fraction of sp³-hybridized carbons (Fsp3) is 0.304. The molecule has 3 heterocycles. The lowest BCUT2D eigenvalue weighted by molar-refractivity contribution is 0.477. The van der Waals surface area contributed by atoms with E-state index in [1.807, 2.05) is 31.2 Å². The second-order valence-corrected chi connectivity index (χ2v) is 9.94. The van der Waals surface area contributed by atoms with Crippen molar-refractivity contribution in [2.24, 2.45) is 0 Å². The third kappa shape index (κ3) is 4.26. The molecule has 4 rings (SSSR count). The number of hydrogen-bond acceptors (Lipinski definition) is 5. The van der Waals surface area contributed by atoms with E-state index in [1.54, 1.807) is 16.8 Å². The highest BCUT2D eigenvalue weighted by Gasteiger charge is 2.31. The maximum atomic E-state index is 11.9. The van der Waals surface area contributed by atoms with Crippen LogP contribution in [0.1, 0.15) is 41.6 Å². The molecule has 0 saturated carbocycles. The van der Waals surface area contributed by atoms with E-state index in [9.17, 15) is 8.42 Å². The van der Waals surface area contributed by atoms with E-state index in [-0.39, 0.29) is 5.92 Å². The Morgan fingerprint density at radius 1 is 1.29 bits per heavy atom. The first kappa shape index (κ1) is 21.3. The highest BCUT2D eigenvalue weighted by Crippen LogP contribution is 2.31. The highest BCUT2D eigenvalue weighted by atomic mass is 32.2. The molecular formula is C23H27N5O2S. The lowest BCUT2D eigenvalue weighted by Crippen LogP contribution is -2.27. The van der Waals surface area contributed by atoms with Crippen molar-refractivity contribution < 1.29 is 8.42 Å². The van der Waals surface area contributed by atoms with Crippen LogP contribution in [-0.2, 0) is 10.0 Å². The Morgan fingerprint density at radius 2 is 2.06 bits per heavy atom. The van der Waals surface area contributed by atoms with Crippen molar-refractivity contribution in [3.8, 4) is 0 Å². The van der Waals surface area contributed by atoms with E-state index in [0.717, 1.165) is 28.8 Å². The average Bonchev–Trinajstić information content (AvgIpc) is 3.36. The monoisotopic (exact) mass is 437 g/mol.